The maximum atomic E-state index is 15.0. The number of hydroxylamine groups is 2. The van der Waals surface area contributed by atoms with Gasteiger partial charge in [0.1, 0.15) is 41.2 Å². The molecular weight excluding hydrogens is 831 g/mol. The Hall–Kier alpha value is -5.90. The molecule has 7 atom stereocenters. The van der Waals surface area contributed by atoms with E-state index < -0.39 is 77.1 Å². The van der Waals surface area contributed by atoms with Crippen LogP contribution < -0.4 is 10.6 Å². The van der Waals surface area contributed by atoms with Crippen LogP contribution in [0.15, 0.2) is 103 Å². The first-order valence-electron chi connectivity index (χ1n) is 22.3. The van der Waals surface area contributed by atoms with E-state index in [2.05, 4.69) is 22.8 Å². The quantitative estimate of drug-likeness (QED) is 0.121. The van der Waals surface area contributed by atoms with Crippen molar-refractivity contribution in [2.24, 2.45) is 5.41 Å². The van der Waals surface area contributed by atoms with Crippen LogP contribution in [0.5, 0.6) is 5.75 Å². The van der Waals surface area contributed by atoms with Gasteiger partial charge in [-0.15, -0.1) is 0 Å². The largest absolute Gasteiger partial charge is 0.508 e. The summed E-state index contributed by atoms with van der Waals surface area (Å²) in [5.74, 6) is -2.64. The van der Waals surface area contributed by atoms with Crippen molar-refractivity contribution < 1.29 is 53.2 Å². The second kappa shape index (κ2) is 17.8. The number of carbonyl (C=O) groups excluding carboxylic acids is 4. The maximum Gasteiger partial charge on any atom is 0.327 e. The average Bonchev–Trinajstić information content (AvgIpc) is 3.95. The molecule has 4 fully saturated rings. The van der Waals surface area contributed by atoms with Crippen molar-refractivity contribution >= 4 is 29.8 Å². The molecule has 3 heterocycles. The first-order valence-corrected chi connectivity index (χ1v) is 22.3. The minimum absolute atomic E-state index is 0.0210. The summed E-state index contributed by atoms with van der Waals surface area (Å²) in [6.45, 7) is 5.14. The van der Waals surface area contributed by atoms with Crippen LogP contribution in [-0.2, 0) is 70.5 Å². The highest BCUT2D eigenvalue weighted by Gasteiger charge is 2.76. The SMILES string of the molecule is CC(C)(C)OC(=O)CC[C@@H](CO)NC(=O)c1cccc(CNC(=O)[C@@]23C[C@H]4OC(=O)[C@@H]2N(Cc2cccc(C=CCc5ccccc5O)c2)O[C@@H]3[C@H]2OC3(Cc5ccccc5C3)O[C@H]24)c1. The molecule has 14 nitrogen and oxygen atoms in total. The van der Waals surface area contributed by atoms with E-state index >= 15 is 4.79 Å². The van der Waals surface area contributed by atoms with Gasteiger partial charge in [-0.2, -0.15) is 5.06 Å². The van der Waals surface area contributed by atoms with Crippen molar-refractivity contribution in [2.75, 3.05) is 6.61 Å². The van der Waals surface area contributed by atoms with Crippen molar-refractivity contribution in [2.45, 2.75) is 120 Å². The molecule has 4 aromatic carbocycles. The zero-order chi connectivity index (χ0) is 45.5. The lowest BCUT2D eigenvalue weighted by Gasteiger charge is -2.48. The second-order valence-corrected chi connectivity index (χ2v) is 18.8. The number of esters is 2. The minimum atomic E-state index is -1.42. The molecule has 0 aromatic heterocycles. The predicted molar refractivity (Wildman–Crippen MR) is 236 cm³/mol. The number of benzene rings is 4. The Bertz CT molecular complexity index is 2480. The van der Waals surface area contributed by atoms with Gasteiger partial charge < -0.3 is 39.8 Å². The Morgan fingerprint density at radius 1 is 0.923 bits per heavy atom. The summed E-state index contributed by atoms with van der Waals surface area (Å²) in [6.07, 6.45) is 2.78. The van der Waals surface area contributed by atoms with Crippen LogP contribution in [0.4, 0.5) is 0 Å². The first kappa shape index (κ1) is 44.3. The zero-order valence-corrected chi connectivity index (χ0v) is 36.7. The van der Waals surface area contributed by atoms with E-state index in [-0.39, 0.29) is 44.7 Å². The van der Waals surface area contributed by atoms with Gasteiger partial charge in [0.05, 0.1) is 19.2 Å². The molecule has 0 radical (unpaired) electrons. The molecule has 4 aromatic rings. The number of hydrogen-bond acceptors (Lipinski definition) is 12. The lowest BCUT2D eigenvalue weighted by atomic mass is 9.62. The number of para-hydroxylation sites is 1. The fraction of sp³-hybridized carbons (Fsp3) is 0.412. The summed E-state index contributed by atoms with van der Waals surface area (Å²) in [5, 5.41) is 27.7. The second-order valence-electron chi connectivity index (χ2n) is 18.8. The van der Waals surface area contributed by atoms with Gasteiger partial charge in [0.15, 0.2) is 11.8 Å². The van der Waals surface area contributed by atoms with E-state index in [9.17, 15) is 24.6 Å². The molecule has 1 saturated carbocycles. The molecule has 2 aliphatic carbocycles. The maximum absolute atomic E-state index is 15.0. The Balaban J connectivity index is 0.943. The monoisotopic (exact) mass is 885 g/mol. The highest BCUT2D eigenvalue weighted by molar-refractivity contribution is 5.95. The Morgan fingerprint density at radius 2 is 1.65 bits per heavy atom. The normalized spacial score (nSPS) is 25.5. The number of aliphatic hydroxyl groups excluding tert-OH is 1. The van der Waals surface area contributed by atoms with Gasteiger partial charge in [0, 0.05) is 37.8 Å². The molecule has 1 spiro atoms. The molecule has 2 bridgehead atoms. The Morgan fingerprint density at radius 3 is 2.40 bits per heavy atom. The van der Waals surface area contributed by atoms with Crippen LogP contribution in [0.25, 0.3) is 6.08 Å². The molecule has 2 amide bonds. The highest BCUT2D eigenvalue weighted by Crippen LogP contribution is 2.58. The van der Waals surface area contributed by atoms with Crippen molar-refractivity contribution in [3.8, 4) is 5.75 Å². The number of nitrogens with one attached hydrogen (secondary N) is 2. The van der Waals surface area contributed by atoms with E-state index in [4.69, 9.17) is 23.8 Å². The van der Waals surface area contributed by atoms with Crippen LogP contribution in [0.2, 0.25) is 0 Å². The van der Waals surface area contributed by atoms with E-state index in [0.717, 1.165) is 27.8 Å². The van der Waals surface area contributed by atoms with Gasteiger partial charge in [-0.1, -0.05) is 91.0 Å². The summed E-state index contributed by atoms with van der Waals surface area (Å²) < 4.78 is 25.2. The summed E-state index contributed by atoms with van der Waals surface area (Å²) in [4.78, 5) is 61.8. The first-order chi connectivity index (χ1) is 31.2. The number of rotatable bonds is 14. The third kappa shape index (κ3) is 9.06. The van der Waals surface area contributed by atoms with Gasteiger partial charge in [0.2, 0.25) is 5.91 Å². The number of phenolic OH excluding ortho intramolecular Hbond substituents is 1. The minimum Gasteiger partial charge on any atom is -0.508 e. The number of aliphatic hydroxyl groups is 1. The third-order valence-corrected chi connectivity index (χ3v) is 13.0. The number of amides is 2. The van der Waals surface area contributed by atoms with Crippen LogP contribution in [0.1, 0.15) is 83.8 Å². The van der Waals surface area contributed by atoms with Crippen LogP contribution in [-0.4, -0.2) is 93.5 Å². The summed E-state index contributed by atoms with van der Waals surface area (Å²) >= 11 is 0. The smallest absolute Gasteiger partial charge is 0.327 e. The van der Waals surface area contributed by atoms with Gasteiger partial charge >= 0.3 is 11.9 Å². The van der Waals surface area contributed by atoms with Crippen LogP contribution in [0.3, 0.4) is 0 Å². The number of fused-ring (bicyclic) bond motifs is 5. The predicted octanol–water partition coefficient (Wildman–Crippen LogP) is 5.26. The van der Waals surface area contributed by atoms with E-state index in [1.54, 1.807) is 62.2 Å². The summed E-state index contributed by atoms with van der Waals surface area (Å²) in [7, 11) is 0. The molecule has 14 heteroatoms. The average molecular weight is 886 g/mol. The number of nitrogens with zero attached hydrogens (tertiary/aromatic N) is 1. The molecule has 340 valence electrons. The van der Waals surface area contributed by atoms with Gasteiger partial charge in [-0.3, -0.25) is 24.0 Å². The molecule has 9 rings (SSSR count). The summed E-state index contributed by atoms with van der Waals surface area (Å²) in [6, 6.07) is 28.1. The number of phenols is 1. The number of hydrogen-bond donors (Lipinski definition) is 4. The molecule has 3 saturated heterocycles. The topological polar surface area (TPSA) is 182 Å². The lowest BCUT2D eigenvalue weighted by molar-refractivity contribution is -0.217. The molecule has 0 unspecified atom stereocenters. The standard InChI is InChI=1S/C51H55N3O11/c1-49(2,3)62-41(57)22-21-38(30-55)53-46(58)35-19-10-13-32(24-35)28-52-48(60)51-27-40-42-43(64-50(63-42)25-36-16-4-5-17-37(36)26-50)45(51)65-54(44(51)47(59)61-40)29-33-14-8-11-31(23-33)12-9-18-34-15-6-7-20-39(34)56/h4-17,19-20,23-24,38,40,42-45,55-56H,18,21-22,25-30H2,1-3H3,(H,52,60)(H,53,58)/t38-,40+,42-,43-,44-,45+,51-/m0/s1. The van der Waals surface area contributed by atoms with Crippen LogP contribution in [0, 0.1) is 5.41 Å². The van der Waals surface area contributed by atoms with Gasteiger partial charge in [-0.05, 0) is 85.2 Å². The Kier molecular flexibility index (Phi) is 12.1. The summed E-state index contributed by atoms with van der Waals surface area (Å²) in [5.41, 5.74) is 3.64. The lowest BCUT2D eigenvalue weighted by Crippen LogP contribution is -2.69. The molecule has 4 N–H and O–H groups in total. The fourth-order valence-electron chi connectivity index (χ4n) is 10.1. The van der Waals surface area contributed by atoms with Crippen molar-refractivity contribution in [1.82, 2.24) is 15.7 Å². The van der Waals surface area contributed by atoms with Crippen LogP contribution >= 0.6 is 0 Å². The molecule has 65 heavy (non-hydrogen) atoms. The number of ether oxygens (including phenoxy) is 4. The van der Waals surface area contributed by atoms with E-state index in [0.29, 0.717) is 30.4 Å². The zero-order valence-electron chi connectivity index (χ0n) is 36.7. The van der Waals surface area contributed by atoms with E-state index in [1.807, 2.05) is 60.7 Å². The fourth-order valence-corrected chi connectivity index (χ4v) is 10.1. The van der Waals surface area contributed by atoms with Gasteiger partial charge in [-0.25, -0.2) is 0 Å². The van der Waals surface area contributed by atoms with Crippen molar-refractivity contribution in [1.29, 1.82) is 0 Å². The highest BCUT2D eigenvalue weighted by atomic mass is 16.8. The number of allylic oxidation sites excluding steroid dienone is 1. The number of carbonyl (C=O) groups is 4. The third-order valence-electron chi connectivity index (χ3n) is 13.0. The van der Waals surface area contributed by atoms with Crippen molar-refractivity contribution in [3.63, 3.8) is 0 Å². The molecule has 3 aliphatic heterocycles. The van der Waals surface area contributed by atoms with Crippen molar-refractivity contribution in [3.05, 3.63) is 142 Å². The van der Waals surface area contributed by atoms with Gasteiger partial charge in [0.25, 0.3) is 5.91 Å². The number of aromatic hydroxyl groups is 1. The Labute approximate surface area is 377 Å². The molecular formula is C51H55N3O11. The van der Waals surface area contributed by atoms with E-state index in [1.165, 1.54) is 0 Å². The molecule has 5 aliphatic rings.